The van der Waals surface area contributed by atoms with Gasteiger partial charge in [0.25, 0.3) is 0 Å². The highest BCUT2D eigenvalue weighted by Crippen LogP contribution is 2.34. The van der Waals surface area contributed by atoms with E-state index in [-0.39, 0.29) is 17.4 Å². The number of rotatable bonds is 6. The van der Waals surface area contributed by atoms with Gasteiger partial charge in [-0.3, -0.25) is 9.59 Å². The van der Waals surface area contributed by atoms with Gasteiger partial charge in [0.1, 0.15) is 17.7 Å². The van der Waals surface area contributed by atoms with Gasteiger partial charge in [-0.25, -0.2) is 8.78 Å². The van der Waals surface area contributed by atoms with Gasteiger partial charge < -0.3 is 15.4 Å². The summed E-state index contributed by atoms with van der Waals surface area (Å²) in [7, 11) is 0. The third kappa shape index (κ3) is 4.79. The van der Waals surface area contributed by atoms with Crippen LogP contribution in [0.1, 0.15) is 43.0 Å². The van der Waals surface area contributed by atoms with Crippen molar-refractivity contribution < 1.29 is 23.1 Å². The van der Waals surface area contributed by atoms with Crippen LogP contribution in [-0.2, 0) is 14.3 Å². The molecule has 29 heavy (non-hydrogen) atoms. The number of benzene rings is 2. The van der Waals surface area contributed by atoms with Gasteiger partial charge in [0.15, 0.2) is 0 Å². The summed E-state index contributed by atoms with van der Waals surface area (Å²) in [6, 6.07) is 9.96. The summed E-state index contributed by atoms with van der Waals surface area (Å²) in [5.74, 6) is -2.84. The Balaban J connectivity index is 2.06. The number of primary amides is 1. The van der Waals surface area contributed by atoms with Crippen LogP contribution in [0.15, 0.2) is 48.5 Å². The molecule has 7 heteroatoms. The van der Waals surface area contributed by atoms with E-state index in [1.54, 1.807) is 37.3 Å². The lowest BCUT2D eigenvalue weighted by Gasteiger charge is -2.38. The second-order valence-corrected chi connectivity index (χ2v) is 7.23. The average Bonchev–Trinajstić information content (AvgIpc) is 2.71. The fraction of sp³-hybridized carbons (Fsp3) is 0.364. The monoisotopic (exact) mass is 402 g/mol. The fourth-order valence-corrected chi connectivity index (χ4v) is 3.77. The maximum absolute atomic E-state index is 13.8. The Labute approximate surface area is 168 Å². The summed E-state index contributed by atoms with van der Waals surface area (Å²) in [6.07, 6.45) is 1.03. The first kappa shape index (κ1) is 20.9. The third-order valence-electron chi connectivity index (χ3n) is 5.27. The largest absolute Gasteiger partial charge is 0.381 e. The van der Waals surface area contributed by atoms with Crippen LogP contribution in [0, 0.1) is 17.6 Å². The molecular weight excluding hydrogens is 378 g/mol. The maximum Gasteiger partial charge on any atom is 0.244 e. The predicted octanol–water partition coefficient (Wildman–Crippen LogP) is 3.51. The predicted molar refractivity (Wildman–Crippen MR) is 104 cm³/mol. The van der Waals surface area contributed by atoms with Crippen LogP contribution in [0.2, 0.25) is 0 Å². The molecule has 2 aromatic rings. The number of hydrogen-bond donors (Lipinski definition) is 1. The molecule has 1 aliphatic rings. The van der Waals surface area contributed by atoms with Gasteiger partial charge in [0.2, 0.25) is 11.8 Å². The molecule has 2 aromatic carbocycles. The summed E-state index contributed by atoms with van der Waals surface area (Å²) >= 11 is 0. The van der Waals surface area contributed by atoms with Crippen LogP contribution in [0.25, 0.3) is 0 Å². The first-order chi connectivity index (χ1) is 13.9. The van der Waals surface area contributed by atoms with Crippen molar-refractivity contribution in [3.63, 3.8) is 0 Å². The Morgan fingerprint density at radius 1 is 1.03 bits per heavy atom. The molecule has 0 bridgehead atoms. The number of halogens is 2. The summed E-state index contributed by atoms with van der Waals surface area (Å²) in [5.41, 5.74) is 6.51. The fourth-order valence-electron chi connectivity index (χ4n) is 3.77. The summed E-state index contributed by atoms with van der Waals surface area (Å²) in [6.45, 7) is 2.53. The van der Waals surface area contributed by atoms with E-state index in [4.69, 9.17) is 10.5 Å². The molecule has 2 N–H and O–H groups in total. The van der Waals surface area contributed by atoms with Gasteiger partial charge in [0.05, 0.1) is 6.04 Å². The van der Waals surface area contributed by atoms with Crippen molar-refractivity contribution in [2.45, 2.75) is 31.8 Å². The molecular formula is C22H24F2N2O3. The van der Waals surface area contributed by atoms with Crippen molar-refractivity contribution in [2.24, 2.45) is 11.7 Å². The zero-order valence-corrected chi connectivity index (χ0v) is 16.2. The lowest BCUT2D eigenvalue weighted by molar-refractivity contribution is -0.148. The summed E-state index contributed by atoms with van der Waals surface area (Å²) in [5, 5.41) is 0. The Morgan fingerprint density at radius 2 is 1.62 bits per heavy atom. The SMILES string of the molecule is C[C@H](c1cc(F)cc(F)c1)N(C(=O)C1CCOCC1)[C@@H](C(N)=O)c1ccccc1. The van der Waals surface area contributed by atoms with E-state index in [0.29, 0.717) is 31.6 Å². The highest BCUT2D eigenvalue weighted by atomic mass is 19.1. The van der Waals surface area contributed by atoms with Crippen molar-refractivity contribution in [3.05, 3.63) is 71.3 Å². The second kappa shape index (κ2) is 9.13. The minimum absolute atomic E-state index is 0.255. The molecule has 2 atom stereocenters. The Bertz CT molecular complexity index is 849. The smallest absolute Gasteiger partial charge is 0.244 e. The number of nitrogens with two attached hydrogens (primary N) is 1. The molecule has 0 aromatic heterocycles. The van der Waals surface area contributed by atoms with E-state index >= 15 is 0 Å². The number of nitrogens with zero attached hydrogens (tertiary/aromatic N) is 1. The molecule has 0 aliphatic carbocycles. The average molecular weight is 402 g/mol. The molecule has 1 saturated heterocycles. The number of carbonyl (C=O) groups is 2. The van der Waals surface area contributed by atoms with Crippen LogP contribution in [0.5, 0.6) is 0 Å². The minimum atomic E-state index is -1.06. The van der Waals surface area contributed by atoms with Crippen LogP contribution in [0.3, 0.4) is 0 Å². The zero-order chi connectivity index (χ0) is 21.0. The lowest BCUT2D eigenvalue weighted by Crippen LogP contribution is -2.46. The highest BCUT2D eigenvalue weighted by molar-refractivity contribution is 5.89. The van der Waals surface area contributed by atoms with E-state index in [1.807, 2.05) is 0 Å². The van der Waals surface area contributed by atoms with Crippen molar-refractivity contribution in [1.29, 1.82) is 0 Å². The molecule has 0 radical (unpaired) electrons. The second-order valence-electron chi connectivity index (χ2n) is 7.23. The lowest BCUT2D eigenvalue weighted by atomic mass is 9.93. The molecule has 1 heterocycles. The van der Waals surface area contributed by atoms with E-state index < -0.39 is 29.6 Å². The number of ether oxygens (including phenoxy) is 1. The Morgan fingerprint density at radius 3 is 2.17 bits per heavy atom. The van der Waals surface area contributed by atoms with Crippen LogP contribution < -0.4 is 5.73 Å². The molecule has 3 rings (SSSR count). The van der Waals surface area contributed by atoms with E-state index in [9.17, 15) is 18.4 Å². The zero-order valence-electron chi connectivity index (χ0n) is 16.2. The Kier molecular flexibility index (Phi) is 6.59. The first-order valence-electron chi connectivity index (χ1n) is 9.58. The molecule has 0 unspecified atom stereocenters. The molecule has 154 valence electrons. The number of hydrogen-bond acceptors (Lipinski definition) is 3. The van der Waals surface area contributed by atoms with Gasteiger partial charge in [-0.05, 0) is 43.0 Å². The van der Waals surface area contributed by atoms with Crippen LogP contribution in [0.4, 0.5) is 8.78 Å². The third-order valence-corrected chi connectivity index (χ3v) is 5.27. The normalized spacial score (nSPS) is 16.8. The maximum atomic E-state index is 13.8. The molecule has 5 nitrogen and oxygen atoms in total. The molecule has 0 saturated carbocycles. The molecule has 2 amide bonds. The first-order valence-corrected chi connectivity index (χ1v) is 9.58. The minimum Gasteiger partial charge on any atom is -0.381 e. The van der Waals surface area contributed by atoms with Gasteiger partial charge in [-0.2, -0.15) is 0 Å². The van der Waals surface area contributed by atoms with E-state index in [0.717, 1.165) is 6.07 Å². The van der Waals surface area contributed by atoms with E-state index in [1.165, 1.54) is 17.0 Å². The van der Waals surface area contributed by atoms with Gasteiger partial charge >= 0.3 is 0 Å². The quantitative estimate of drug-likeness (QED) is 0.804. The number of amides is 2. The van der Waals surface area contributed by atoms with Gasteiger partial charge in [0, 0.05) is 25.2 Å². The van der Waals surface area contributed by atoms with Crippen molar-refractivity contribution >= 4 is 11.8 Å². The molecule has 1 fully saturated rings. The van der Waals surface area contributed by atoms with Crippen LogP contribution >= 0.6 is 0 Å². The summed E-state index contributed by atoms with van der Waals surface area (Å²) < 4.78 is 33.0. The van der Waals surface area contributed by atoms with Crippen molar-refractivity contribution in [1.82, 2.24) is 4.90 Å². The Hall–Kier alpha value is -2.80. The molecule has 0 spiro atoms. The van der Waals surface area contributed by atoms with Crippen molar-refractivity contribution in [2.75, 3.05) is 13.2 Å². The van der Waals surface area contributed by atoms with E-state index in [2.05, 4.69) is 0 Å². The number of carbonyl (C=O) groups excluding carboxylic acids is 2. The van der Waals surface area contributed by atoms with Gasteiger partial charge in [-0.15, -0.1) is 0 Å². The van der Waals surface area contributed by atoms with Crippen LogP contribution in [-0.4, -0.2) is 29.9 Å². The van der Waals surface area contributed by atoms with Crippen molar-refractivity contribution in [3.8, 4) is 0 Å². The highest BCUT2D eigenvalue weighted by Gasteiger charge is 2.38. The summed E-state index contributed by atoms with van der Waals surface area (Å²) in [4.78, 5) is 27.3. The van der Waals surface area contributed by atoms with Gasteiger partial charge in [-0.1, -0.05) is 30.3 Å². The standard InChI is InChI=1S/C22H24F2N2O3/c1-14(17-11-18(23)13-19(24)12-17)26(22(28)16-7-9-29-10-8-16)20(21(25)27)15-5-3-2-4-6-15/h2-6,11-14,16,20H,7-10H2,1H3,(H2,25,27)/t14-,20-/m1/s1. The molecule has 1 aliphatic heterocycles. The topological polar surface area (TPSA) is 72.6 Å².